The van der Waals surface area contributed by atoms with Gasteiger partial charge in [-0.3, -0.25) is 9.69 Å². The fraction of sp³-hybridized carbons (Fsp3) is 0.682. The van der Waals surface area contributed by atoms with Crippen LogP contribution in [0, 0.1) is 6.92 Å². The van der Waals surface area contributed by atoms with Gasteiger partial charge in [-0.15, -0.1) is 0 Å². The lowest BCUT2D eigenvalue weighted by Crippen LogP contribution is -2.41. The van der Waals surface area contributed by atoms with Gasteiger partial charge in [0.2, 0.25) is 0 Å². The molecule has 156 valence electrons. The van der Waals surface area contributed by atoms with Gasteiger partial charge in [0.25, 0.3) is 5.92 Å². The lowest BCUT2D eigenvalue weighted by Gasteiger charge is -2.31. The summed E-state index contributed by atoms with van der Waals surface area (Å²) >= 11 is 0. The number of aryl methyl sites for hydroxylation is 1. The van der Waals surface area contributed by atoms with Gasteiger partial charge in [0, 0.05) is 44.1 Å². The fourth-order valence-electron chi connectivity index (χ4n) is 4.09. The van der Waals surface area contributed by atoms with Crippen molar-refractivity contribution in [1.82, 2.24) is 9.80 Å². The number of alkyl halides is 2. The van der Waals surface area contributed by atoms with Gasteiger partial charge in [-0.1, -0.05) is 0 Å². The molecular weight excluding hydrogens is 362 g/mol. The van der Waals surface area contributed by atoms with Crippen molar-refractivity contribution in [2.75, 3.05) is 39.3 Å². The molecule has 0 radical (unpaired) electrons. The topological polar surface area (TPSA) is 32.8 Å². The first-order valence-electron chi connectivity index (χ1n) is 10.4. The highest BCUT2D eigenvalue weighted by atomic mass is 19.3. The number of benzene rings is 1. The van der Waals surface area contributed by atoms with Crippen molar-refractivity contribution in [2.45, 2.75) is 57.9 Å². The van der Waals surface area contributed by atoms with E-state index in [1.165, 1.54) is 19.4 Å². The minimum absolute atomic E-state index is 0.0251. The van der Waals surface area contributed by atoms with Crippen LogP contribution in [0.5, 0.6) is 5.75 Å². The Labute approximate surface area is 166 Å². The van der Waals surface area contributed by atoms with Gasteiger partial charge in [0.05, 0.1) is 13.2 Å². The van der Waals surface area contributed by atoms with E-state index < -0.39 is 5.92 Å². The second-order valence-corrected chi connectivity index (χ2v) is 8.26. The van der Waals surface area contributed by atoms with Crippen molar-refractivity contribution in [1.29, 1.82) is 0 Å². The number of ether oxygens (including phenoxy) is 1. The molecule has 0 aliphatic carbocycles. The number of carbonyl (C=O) groups excluding carboxylic acids is 1. The molecule has 0 N–H and O–H groups in total. The number of Topliss-reactive ketones (excluding diaryl/α,β-unsaturated/α-hetero) is 1. The number of ketones is 1. The van der Waals surface area contributed by atoms with Crippen LogP contribution in [0.25, 0.3) is 0 Å². The van der Waals surface area contributed by atoms with Crippen LogP contribution < -0.4 is 4.74 Å². The first-order valence-corrected chi connectivity index (χ1v) is 10.4. The molecule has 28 heavy (non-hydrogen) atoms. The van der Waals surface area contributed by atoms with Gasteiger partial charge in [-0.25, -0.2) is 8.78 Å². The highest BCUT2D eigenvalue weighted by Gasteiger charge is 2.34. The Bertz CT molecular complexity index is 671. The van der Waals surface area contributed by atoms with Crippen LogP contribution in [0.3, 0.4) is 0 Å². The van der Waals surface area contributed by atoms with Crippen LogP contribution in [0.1, 0.15) is 54.9 Å². The summed E-state index contributed by atoms with van der Waals surface area (Å²) in [6.45, 7) is 7.88. The first-order chi connectivity index (χ1) is 13.3. The monoisotopic (exact) mass is 394 g/mol. The van der Waals surface area contributed by atoms with Crippen LogP contribution in [0.15, 0.2) is 18.2 Å². The number of likely N-dealkylation sites (tertiary alicyclic amines) is 2. The molecule has 0 bridgehead atoms. The predicted molar refractivity (Wildman–Crippen MR) is 107 cm³/mol. The molecule has 2 heterocycles. The van der Waals surface area contributed by atoms with Crippen LogP contribution in [0.2, 0.25) is 0 Å². The third-order valence-electron chi connectivity index (χ3n) is 5.99. The van der Waals surface area contributed by atoms with E-state index in [-0.39, 0.29) is 38.3 Å². The van der Waals surface area contributed by atoms with Gasteiger partial charge < -0.3 is 9.64 Å². The summed E-state index contributed by atoms with van der Waals surface area (Å²) in [7, 11) is 0. The van der Waals surface area contributed by atoms with Gasteiger partial charge in [-0.05, 0) is 63.4 Å². The number of hydrogen-bond acceptors (Lipinski definition) is 4. The Hall–Kier alpha value is -1.53. The maximum Gasteiger partial charge on any atom is 0.250 e. The largest absolute Gasteiger partial charge is 0.493 e. The van der Waals surface area contributed by atoms with E-state index in [4.69, 9.17) is 4.74 Å². The molecule has 2 fully saturated rings. The fourth-order valence-corrected chi connectivity index (χ4v) is 4.09. The maximum absolute atomic E-state index is 13.2. The molecule has 2 saturated heterocycles. The lowest BCUT2D eigenvalue weighted by atomic mass is 10.0. The van der Waals surface area contributed by atoms with Gasteiger partial charge in [0.1, 0.15) is 5.75 Å². The summed E-state index contributed by atoms with van der Waals surface area (Å²) in [4.78, 5) is 16.8. The zero-order valence-corrected chi connectivity index (χ0v) is 17.1. The number of piperidine rings is 1. The summed E-state index contributed by atoms with van der Waals surface area (Å²) in [6.07, 6.45) is 3.24. The number of nitrogens with zero attached hydrogens (tertiary/aromatic N) is 2. The Morgan fingerprint density at radius 3 is 2.64 bits per heavy atom. The molecule has 1 aromatic rings. The molecule has 0 spiro atoms. The molecule has 6 heteroatoms. The third kappa shape index (κ3) is 5.74. The summed E-state index contributed by atoms with van der Waals surface area (Å²) in [5.74, 6) is -1.80. The van der Waals surface area contributed by atoms with E-state index in [0.717, 1.165) is 24.3 Å². The zero-order chi connectivity index (χ0) is 20.1. The van der Waals surface area contributed by atoms with Gasteiger partial charge in [0.15, 0.2) is 5.78 Å². The average Bonchev–Trinajstić information content (AvgIpc) is 3.06. The number of rotatable bonds is 8. The van der Waals surface area contributed by atoms with Crippen LogP contribution >= 0.6 is 0 Å². The van der Waals surface area contributed by atoms with E-state index in [9.17, 15) is 13.6 Å². The average molecular weight is 395 g/mol. The molecule has 0 saturated carbocycles. The third-order valence-corrected chi connectivity index (χ3v) is 5.99. The normalized spacial score (nSPS) is 23.1. The number of hydrogen-bond donors (Lipinski definition) is 0. The minimum atomic E-state index is -2.58. The van der Waals surface area contributed by atoms with Crippen LogP contribution in [0.4, 0.5) is 8.78 Å². The molecule has 1 aromatic carbocycles. The minimum Gasteiger partial charge on any atom is -0.493 e. The summed E-state index contributed by atoms with van der Waals surface area (Å²) in [5.41, 5.74) is 1.55. The van der Waals surface area contributed by atoms with Crippen molar-refractivity contribution in [3.8, 4) is 5.75 Å². The van der Waals surface area contributed by atoms with Crippen molar-refractivity contribution in [2.24, 2.45) is 0 Å². The molecular formula is C22H32F2N2O2. The molecule has 2 aliphatic rings. The summed E-state index contributed by atoms with van der Waals surface area (Å²) in [6, 6.07) is 6.16. The van der Waals surface area contributed by atoms with E-state index in [1.807, 2.05) is 24.0 Å². The molecule has 0 aromatic heterocycles. The molecule has 1 unspecified atom stereocenters. The number of halogens is 2. The van der Waals surface area contributed by atoms with Crippen LogP contribution in [-0.4, -0.2) is 66.9 Å². The van der Waals surface area contributed by atoms with Crippen molar-refractivity contribution >= 4 is 5.78 Å². The lowest BCUT2D eigenvalue weighted by molar-refractivity contribution is -0.0536. The second kappa shape index (κ2) is 9.31. The Morgan fingerprint density at radius 2 is 2.00 bits per heavy atom. The second-order valence-electron chi connectivity index (χ2n) is 8.26. The predicted octanol–water partition coefficient (Wildman–Crippen LogP) is 4.16. The smallest absolute Gasteiger partial charge is 0.250 e. The highest BCUT2D eigenvalue weighted by molar-refractivity contribution is 5.98. The molecule has 3 rings (SSSR count). The van der Waals surface area contributed by atoms with Gasteiger partial charge in [-0.2, -0.15) is 0 Å². The Kier molecular flexibility index (Phi) is 7.05. The summed E-state index contributed by atoms with van der Waals surface area (Å²) in [5, 5.41) is 0. The molecule has 2 aliphatic heterocycles. The highest BCUT2D eigenvalue weighted by Crippen LogP contribution is 2.28. The quantitative estimate of drug-likeness (QED) is 0.490. The zero-order valence-electron chi connectivity index (χ0n) is 17.1. The number of carbonyl (C=O) groups is 1. The standard InChI is InChI=1S/C22H32F2N2O2/c1-17-15-19(20(27)16-25-12-8-22(23,24)9-13-25)6-7-21(17)28-14-4-11-26-10-3-5-18(26)2/h6-7,15,18H,3-5,8-14,16H2,1-2H3. The Balaban J connectivity index is 1.44. The van der Waals surface area contributed by atoms with Crippen molar-refractivity contribution in [3.63, 3.8) is 0 Å². The summed E-state index contributed by atoms with van der Waals surface area (Å²) < 4.78 is 32.4. The van der Waals surface area contributed by atoms with Crippen molar-refractivity contribution < 1.29 is 18.3 Å². The van der Waals surface area contributed by atoms with E-state index in [0.29, 0.717) is 18.2 Å². The van der Waals surface area contributed by atoms with Crippen molar-refractivity contribution in [3.05, 3.63) is 29.3 Å². The first kappa shape index (κ1) is 21.2. The van der Waals surface area contributed by atoms with E-state index >= 15 is 0 Å². The maximum atomic E-state index is 13.2. The SMILES string of the molecule is Cc1cc(C(=O)CN2CCC(F)(F)CC2)ccc1OCCCN1CCCC1C. The Morgan fingerprint density at radius 1 is 1.25 bits per heavy atom. The van der Waals surface area contributed by atoms with Crippen LogP contribution in [-0.2, 0) is 0 Å². The molecule has 0 amide bonds. The van der Waals surface area contributed by atoms with E-state index in [2.05, 4.69) is 11.8 Å². The van der Waals surface area contributed by atoms with Gasteiger partial charge >= 0.3 is 0 Å². The molecule has 4 nitrogen and oxygen atoms in total. The van der Waals surface area contributed by atoms with E-state index in [1.54, 1.807) is 6.07 Å². The molecule has 1 atom stereocenters.